The van der Waals surface area contributed by atoms with Crippen molar-refractivity contribution in [2.75, 3.05) is 19.4 Å². The summed E-state index contributed by atoms with van der Waals surface area (Å²) in [6.07, 6.45) is 2.07. The molecule has 0 aliphatic heterocycles. The normalized spacial score (nSPS) is 26.4. The Hall–Kier alpha value is -2.59. The fraction of sp³-hybridized carbons (Fsp3) is 0.522. The zero-order valence-electron chi connectivity index (χ0n) is 19.0. The molecular formula is C23H26ClF3N4O3. The zero-order chi connectivity index (χ0) is 25.0. The van der Waals surface area contributed by atoms with Crippen LogP contribution in [0.4, 0.5) is 18.9 Å². The van der Waals surface area contributed by atoms with Gasteiger partial charge >= 0.3 is 5.92 Å². The van der Waals surface area contributed by atoms with Crippen LogP contribution in [0.5, 0.6) is 0 Å². The first-order valence-corrected chi connectivity index (χ1v) is 11.3. The minimum absolute atomic E-state index is 0.122. The Bertz CT molecular complexity index is 1120. The van der Waals surface area contributed by atoms with Crippen LogP contribution in [-0.2, 0) is 11.8 Å². The van der Waals surface area contributed by atoms with Gasteiger partial charge in [0.25, 0.3) is 11.8 Å². The second kappa shape index (κ2) is 8.57. The van der Waals surface area contributed by atoms with Crippen molar-refractivity contribution in [2.45, 2.75) is 43.1 Å². The highest BCUT2D eigenvalue weighted by Crippen LogP contribution is 2.57. The number of imidazole rings is 1. The molecule has 0 spiro atoms. The largest absolute Gasteiger partial charge is 0.383 e. The van der Waals surface area contributed by atoms with E-state index in [4.69, 9.17) is 11.6 Å². The molecule has 184 valence electrons. The van der Waals surface area contributed by atoms with Crippen molar-refractivity contribution in [2.24, 2.45) is 18.9 Å². The quantitative estimate of drug-likeness (QED) is 0.656. The maximum Gasteiger partial charge on any atom is 0.352 e. The number of aliphatic hydroxyl groups is 1. The average molecular weight is 499 g/mol. The van der Waals surface area contributed by atoms with Crippen molar-refractivity contribution >= 4 is 29.1 Å². The van der Waals surface area contributed by atoms with E-state index in [1.807, 2.05) is 0 Å². The summed E-state index contributed by atoms with van der Waals surface area (Å²) in [7, 11) is 4.14. The Kier molecular flexibility index (Phi) is 6.18. The number of halogens is 4. The van der Waals surface area contributed by atoms with E-state index in [0.29, 0.717) is 29.9 Å². The number of nitrogens with one attached hydrogen (secondary N) is 1. The van der Waals surface area contributed by atoms with Gasteiger partial charge in [0.15, 0.2) is 0 Å². The van der Waals surface area contributed by atoms with Crippen LogP contribution in [0.2, 0.25) is 5.02 Å². The van der Waals surface area contributed by atoms with Gasteiger partial charge in [-0.1, -0.05) is 11.6 Å². The van der Waals surface area contributed by atoms with E-state index in [2.05, 4.69) is 10.3 Å². The van der Waals surface area contributed by atoms with Crippen molar-refractivity contribution in [3.8, 4) is 0 Å². The van der Waals surface area contributed by atoms with E-state index < -0.39 is 29.2 Å². The summed E-state index contributed by atoms with van der Waals surface area (Å²) in [6, 6.07) is 3.85. The number of hydrogen-bond acceptors (Lipinski definition) is 4. The van der Waals surface area contributed by atoms with Crippen molar-refractivity contribution in [3.63, 3.8) is 0 Å². The van der Waals surface area contributed by atoms with Gasteiger partial charge in [-0.15, -0.1) is 0 Å². The van der Waals surface area contributed by atoms with E-state index in [9.17, 15) is 27.9 Å². The topological polar surface area (TPSA) is 87.5 Å². The van der Waals surface area contributed by atoms with Crippen LogP contribution in [0.15, 0.2) is 24.5 Å². The molecule has 1 aromatic carbocycles. The van der Waals surface area contributed by atoms with Gasteiger partial charge in [0, 0.05) is 32.7 Å². The van der Waals surface area contributed by atoms with Gasteiger partial charge in [-0.05, 0) is 55.7 Å². The van der Waals surface area contributed by atoms with Gasteiger partial charge in [-0.3, -0.25) is 9.59 Å². The molecule has 0 bridgehead atoms. The molecule has 2 fully saturated rings. The number of aromatic nitrogens is 2. The first-order chi connectivity index (χ1) is 15.8. The van der Waals surface area contributed by atoms with Crippen molar-refractivity contribution in [1.82, 2.24) is 14.5 Å². The molecule has 0 saturated heterocycles. The summed E-state index contributed by atoms with van der Waals surface area (Å²) >= 11 is 5.79. The third-order valence-corrected chi connectivity index (χ3v) is 7.33. The molecule has 2 amide bonds. The molecule has 2 unspecified atom stereocenters. The number of fused-ring (bicyclic) bond motifs is 1. The van der Waals surface area contributed by atoms with Crippen LogP contribution < -0.4 is 5.32 Å². The maximum atomic E-state index is 14.8. The third-order valence-electron chi connectivity index (χ3n) is 7.04. The van der Waals surface area contributed by atoms with Crippen LogP contribution in [0.1, 0.15) is 47.8 Å². The van der Waals surface area contributed by atoms with E-state index in [-0.39, 0.29) is 35.6 Å². The van der Waals surface area contributed by atoms with Gasteiger partial charge in [0.2, 0.25) is 0 Å². The van der Waals surface area contributed by atoms with Crippen LogP contribution in [0.3, 0.4) is 0 Å². The summed E-state index contributed by atoms with van der Waals surface area (Å²) in [4.78, 5) is 30.2. The van der Waals surface area contributed by atoms with Crippen molar-refractivity contribution in [3.05, 3.63) is 46.8 Å². The number of nitrogens with zero attached hydrogens (tertiary/aromatic N) is 3. The number of anilines is 1. The minimum atomic E-state index is -3.87. The van der Waals surface area contributed by atoms with Crippen molar-refractivity contribution < 1.29 is 27.9 Å². The Morgan fingerprint density at radius 2 is 1.88 bits per heavy atom. The lowest BCUT2D eigenvalue weighted by Crippen LogP contribution is -2.56. The summed E-state index contributed by atoms with van der Waals surface area (Å²) in [6.45, 7) is 0. The Morgan fingerprint density at radius 1 is 1.26 bits per heavy atom. The molecule has 2 saturated carbocycles. The summed E-state index contributed by atoms with van der Waals surface area (Å²) < 4.78 is 44.5. The highest BCUT2D eigenvalue weighted by atomic mass is 35.5. The van der Waals surface area contributed by atoms with Gasteiger partial charge in [-0.2, -0.15) is 8.78 Å². The number of hydrogen-bond donors (Lipinski definition) is 2. The molecule has 4 rings (SSSR count). The number of amides is 2. The zero-order valence-corrected chi connectivity index (χ0v) is 19.7. The Labute approximate surface area is 199 Å². The first-order valence-electron chi connectivity index (χ1n) is 10.9. The lowest BCUT2D eigenvalue weighted by molar-refractivity contribution is -0.200. The maximum absolute atomic E-state index is 14.8. The van der Waals surface area contributed by atoms with Crippen molar-refractivity contribution in [1.29, 1.82) is 0 Å². The SMILES string of the molecule is CN(C)C(=O)C(F)(F)C1(O)CC2CC(c3ncn(C)c3C(=O)Nc3ccc(F)c(Cl)c3)CC2C1. The van der Waals surface area contributed by atoms with E-state index in [1.165, 1.54) is 32.6 Å². The number of carbonyl (C=O) groups is 2. The van der Waals surface area contributed by atoms with Crippen LogP contribution in [0, 0.1) is 17.7 Å². The highest BCUT2D eigenvalue weighted by molar-refractivity contribution is 6.31. The van der Waals surface area contributed by atoms with Crippen LogP contribution in [0.25, 0.3) is 0 Å². The predicted octanol–water partition coefficient (Wildman–Crippen LogP) is 3.82. The molecule has 11 heteroatoms. The molecule has 0 radical (unpaired) electrons. The molecule has 7 nitrogen and oxygen atoms in total. The molecule has 2 atom stereocenters. The minimum Gasteiger partial charge on any atom is -0.383 e. The summed E-state index contributed by atoms with van der Waals surface area (Å²) in [5.41, 5.74) is -1.21. The Morgan fingerprint density at radius 3 is 2.44 bits per heavy atom. The highest BCUT2D eigenvalue weighted by Gasteiger charge is 2.65. The molecule has 1 aromatic heterocycles. The number of carbonyl (C=O) groups excluding carboxylic acids is 2. The standard InChI is InChI=1S/C23H26ClF3N4O3/c1-30(2)21(33)23(26,27)22(34)9-13-6-12(7-14(13)10-22)18-19(31(3)11-28-18)20(32)29-15-4-5-17(25)16(24)8-15/h4-5,8,11-14,34H,6-7,9-10H2,1-3H3,(H,29,32). The molecule has 2 N–H and O–H groups in total. The lowest BCUT2D eigenvalue weighted by Gasteiger charge is -2.33. The number of aryl methyl sites for hydroxylation is 1. The molecule has 2 aliphatic rings. The monoisotopic (exact) mass is 498 g/mol. The van der Waals surface area contributed by atoms with E-state index in [0.717, 1.165) is 11.0 Å². The first kappa shape index (κ1) is 24.5. The fourth-order valence-corrected chi connectivity index (χ4v) is 5.59. The summed E-state index contributed by atoms with van der Waals surface area (Å²) in [5, 5.41) is 13.3. The average Bonchev–Trinajstić information content (AvgIpc) is 3.41. The van der Waals surface area contributed by atoms with E-state index >= 15 is 0 Å². The number of rotatable bonds is 5. The van der Waals surface area contributed by atoms with Gasteiger partial charge in [-0.25, -0.2) is 9.37 Å². The second-order valence-electron chi connectivity index (χ2n) is 9.57. The summed E-state index contributed by atoms with van der Waals surface area (Å²) in [5.74, 6) is -6.92. The second-order valence-corrected chi connectivity index (χ2v) is 9.98. The molecule has 2 aromatic rings. The smallest absolute Gasteiger partial charge is 0.352 e. The van der Waals surface area contributed by atoms with Gasteiger partial charge in [0.1, 0.15) is 17.1 Å². The lowest BCUT2D eigenvalue weighted by atomic mass is 9.87. The van der Waals surface area contributed by atoms with Gasteiger partial charge in [0.05, 0.1) is 17.0 Å². The fourth-order valence-electron chi connectivity index (χ4n) is 5.41. The molecular weight excluding hydrogens is 473 g/mol. The predicted molar refractivity (Wildman–Crippen MR) is 119 cm³/mol. The third kappa shape index (κ3) is 4.07. The van der Waals surface area contributed by atoms with E-state index in [1.54, 1.807) is 11.6 Å². The Balaban J connectivity index is 1.50. The molecule has 34 heavy (non-hydrogen) atoms. The van der Waals surface area contributed by atoms with Crippen LogP contribution >= 0.6 is 11.6 Å². The number of alkyl halides is 2. The van der Waals surface area contributed by atoms with Crippen LogP contribution in [-0.4, -0.2) is 57.0 Å². The molecule has 2 aliphatic carbocycles. The number of benzene rings is 1. The molecule has 1 heterocycles. The van der Waals surface area contributed by atoms with Gasteiger partial charge < -0.3 is 19.9 Å².